The maximum absolute atomic E-state index is 5.36. The molecule has 0 bridgehead atoms. The SMILES string of the molecule is CONCc1ccc(C(C)C)c(OC)c1. The van der Waals surface area contributed by atoms with Crippen LogP contribution in [0.15, 0.2) is 18.2 Å². The molecule has 0 radical (unpaired) electrons. The summed E-state index contributed by atoms with van der Waals surface area (Å²) in [6.45, 7) is 5.00. The molecule has 0 aromatic heterocycles. The molecule has 0 saturated carbocycles. The quantitative estimate of drug-likeness (QED) is 0.756. The Morgan fingerprint density at radius 3 is 2.53 bits per heavy atom. The molecule has 3 nitrogen and oxygen atoms in total. The van der Waals surface area contributed by atoms with Crippen molar-refractivity contribution in [1.29, 1.82) is 0 Å². The summed E-state index contributed by atoms with van der Waals surface area (Å²) in [5, 5.41) is 0. The van der Waals surface area contributed by atoms with Crippen LogP contribution in [0.4, 0.5) is 0 Å². The number of benzene rings is 1. The van der Waals surface area contributed by atoms with Crippen LogP contribution in [0.3, 0.4) is 0 Å². The Kier molecular flexibility index (Phi) is 4.59. The number of hydrogen-bond acceptors (Lipinski definition) is 3. The van der Waals surface area contributed by atoms with Gasteiger partial charge in [-0.05, 0) is 23.1 Å². The smallest absolute Gasteiger partial charge is 0.122 e. The summed E-state index contributed by atoms with van der Waals surface area (Å²) in [6, 6.07) is 6.24. The first-order chi connectivity index (χ1) is 7.19. The Labute approximate surface area is 91.4 Å². The van der Waals surface area contributed by atoms with Crippen molar-refractivity contribution >= 4 is 0 Å². The van der Waals surface area contributed by atoms with Gasteiger partial charge in [-0.1, -0.05) is 26.0 Å². The summed E-state index contributed by atoms with van der Waals surface area (Å²) in [5.74, 6) is 1.42. The van der Waals surface area contributed by atoms with Crippen molar-refractivity contribution in [2.75, 3.05) is 14.2 Å². The highest BCUT2D eigenvalue weighted by atomic mass is 16.6. The van der Waals surface area contributed by atoms with Gasteiger partial charge in [-0.2, -0.15) is 5.48 Å². The normalized spacial score (nSPS) is 10.7. The van der Waals surface area contributed by atoms with Gasteiger partial charge in [0, 0.05) is 6.54 Å². The summed E-state index contributed by atoms with van der Waals surface area (Å²) in [7, 11) is 3.31. The fraction of sp³-hybridized carbons (Fsp3) is 0.500. The zero-order chi connectivity index (χ0) is 11.3. The van der Waals surface area contributed by atoms with Crippen LogP contribution in [0.25, 0.3) is 0 Å². The lowest BCUT2D eigenvalue weighted by Gasteiger charge is -2.13. The van der Waals surface area contributed by atoms with Gasteiger partial charge in [0.15, 0.2) is 0 Å². The monoisotopic (exact) mass is 209 g/mol. The number of nitrogens with one attached hydrogen (secondary N) is 1. The van der Waals surface area contributed by atoms with Crippen LogP contribution in [0.1, 0.15) is 30.9 Å². The average Bonchev–Trinajstić information content (AvgIpc) is 2.25. The van der Waals surface area contributed by atoms with Crippen LogP contribution in [0.5, 0.6) is 5.75 Å². The van der Waals surface area contributed by atoms with E-state index in [0.29, 0.717) is 12.5 Å². The fourth-order valence-electron chi connectivity index (χ4n) is 1.50. The van der Waals surface area contributed by atoms with Gasteiger partial charge in [0.25, 0.3) is 0 Å². The van der Waals surface area contributed by atoms with Crippen LogP contribution < -0.4 is 10.2 Å². The molecule has 84 valence electrons. The lowest BCUT2D eigenvalue weighted by molar-refractivity contribution is 0.0867. The van der Waals surface area contributed by atoms with E-state index in [1.165, 1.54) is 5.56 Å². The lowest BCUT2D eigenvalue weighted by atomic mass is 10.0. The van der Waals surface area contributed by atoms with E-state index >= 15 is 0 Å². The predicted molar refractivity (Wildman–Crippen MR) is 60.9 cm³/mol. The Morgan fingerprint density at radius 1 is 1.27 bits per heavy atom. The minimum atomic E-state index is 0.476. The largest absolute Gasteiger partial charge is 0.496 e. The van der Waals surface area contributed by atoms with Crippen molar-refractivity contribution in [1.82, 2.24) is 5.48 Å². The van der Waals surface area contributed by atoms with Gasteiger partial charge >= 0.3 is 0 Å². The summed E-state index contributed by atoms with van der Waals surface area (Å²) in [6.07, 6.45) is 0. The zero-order valence-electron chi connectivity index (χ0n) is 9.83. The van der Waals surface area contributed by atoms with Crippen molar-refractivity contribution in [3.05, 3.63) is 29.3 Å². The molecular weight excluding hydrogens is 190 g/mol. The molecule has 0 amide bonds. The Bertz CT molecular complexity index is 310. The number of rotatable bonds is 5. The van der Waals surface area contributed by atoms with E-state index in [1.807, 2.05) is 6.07 Å². The second kappa shape index (κ2) is 5.73. The molecule has 3 heteroatoms. The third-order valence-corrected chi connectivity index (χ3v) is 2.34. The van der Waals surface area contributed by atoms with Crippen molar-refractivity contribution in [2.45, 2.75) is 26.3 Å². The minimum Gasteiger partial charge on any atom is -0.496 e. The molecule has 0 aliphatic rings. The molecule has 0 atom stereocenters. The molecule has 1 N–H and O–H groups in total. The van der Waals surface area contributed by atoms with E-state index in [9.17, 15) is 0 Å². The average molecular weight is 209 g/mol. The van der Waals surface area contributed by atoms with Crippen LogP contribution in [-0.2, 0) is 11.4 Å². The molecule has 15 heavy (non-hydrogen) atoms. The Balaban J connectivity index is 2.87. The van der Waals surface area contributed by atoms with Crippen molar-refractivity contribution < 1.29 is 9.57 Å². The molecule has 1 aromatic rings. The number of hydrogen-bond donors (Lipinski definition) is 1. The van der Waals surface area contributed by atoms with Crippen LogP contribution >= 0.6 is 0 Å². The molecule has 1 aromatic carbocycles. The molecule has 0 unspecified atom stereocenters. The van der Waals surface area contributed by atoms with Gasteiger partial charge in [0.2, 0.25) is 0 Å². The minimum absolute atomic E-state index is 0.476. The maximum Gasteiger partial charge on any atom is 0.122 e. The van der Waals surface area contributed by atoms with Crippen LogP contribution in [0.2, 0.25) is 0 Å². The second-order valence-electron chi connectivity index (χ2n) is 3.76. The molecule has 0 saturated heterocycles. The van der Waals surface area contributed by atoms with Gasteiger partial charge in [0.1, 0.15) is 5.75 Å². The van der Waals surface area contributed by atoms with E-state index in [-0.39, 0.29) is 0 Å². The summed E-state index contributed by atoms with van der Waals surface area (Å²) >= 11 is 0. The van der Waals surface area contributed by atoms with E-state index in [2.05, 4.69) is 31.5 Å². The third-order valence-electron chi connectivity index (χ3n) is 2.34. The van der Waals surface area contributed by atoms with Crippen molar-refractivity contribution in [3.63, 3.8) is 0 Å². The molecule has 0 fully saturated rings. The highest BCUT2D eigenvalue weighted by Gasteiger charge is 2.07. The van der Waals surface area contributed by atoms with Gasteiger partial charge in [-0.3, -0.25) is 0 Å². The van der Waals surface area contributed by atoms with Crippen LogP contribution in [-0.4, -0.2) is 14.2 Å². The molecule has 0 aliphatic carbocycles. The third kappa shape index (κ3) is 3.22. The molecule has 0 heterocycles. The molecular formula is C12H19NO2. The van der Waals surface area contributed by atoms with Gasteiger partial charge in [-0.25, -0.2) is 0 Å². The molecule has 1 rings (SSSR count). The Morgan fingerprint density at radius 2 is 2.00 bits per heavy atom. The van der Waals surface area contributed by atoms with E-state index in [0.717, 1.165) is 11.3 Å². The number of ether oxygens (including phenoxy) is 1. The number of hydroxylamine groups is 1. The summed E-state index contributed by atoms with van der Waals surface area (Å²) in [4.78, 5) is 4.81. The highest BCUT2D eigenvalue weighted by Crippen LogP contribution is 2.27. The highest BCUT2D eigenvalue weighted by molar-refractivity contribution is 5.39. The first-order valence-corrected chi connectivity index (χ1v) is 5.11. The topological polar surface area (TPSA) is 30.5 Å². The maximum atomic E-state index is 5.36. The van der Waals surface area contributed by atoms with E-state index < -0.39 is 0 Å². The van der Waals surface area contributed by atoms with E-state index in [4.69, 9.17) is 9.57 Å². The standard InChI is InChI=1S/C12H19NO2/c1-9(2)11-6-5-10(8-13-15-4)7-12(11)14-3/h5-7,9,13H,8H2,1-4H3. The van der Waals surface area contributed by atoms with Crippen LogP contribution in [0, 0.1) is 0 Å². The number of methoxy groups -OCH3 is 1. The van der Waals surface area contributed by atoms with Gasteiger partial charge in [-0.15, -0.1) is 0 Å². The first kappa shape index (κ1) is 12.0. The predicted octanol–water partition coefficient (Wildman–Crippen LogP) is 2.47. The molecule has 0 spiro atoms. The summed E-state index contributed by atoms with van der Waals surface area (Å²) in [5.41, 5.74) is 5.19. The Hall–Kier alpha value is -1.06. The van der Waals surface area contributed by atoms with Crippen molar-refractivity contribution in [3.8, 4) is 5.75 Å². The molecule has 0 aliphatic heterocycles. The summed E-state index contributed by atoms with van der Waals surface area (Å²) < 4.78 is 5.36. The first-order valence-electron chi connectivity index (χ1n) is 5.11. The van der Waals surface area contributed by atoms with Gasteiger partial charge in [0.05, 0.1) is 14.2 Å². The fourth-order valence-corrected chi connectivity index (χ4v) is 1.50. The lowest BCUT2D eigenvalue weighted by Crippen LogP contribution is -2.11. The van der Waals surface area contributed by atoms with E-state index in [1.54, 1.807) is 14.2 Å². The second-order valence-corrected chi connectivity index (χ2v) is 3.76. The van der Waals surface area contributed by atoms with Crippen molar-refractivity contribution in [2.24, 2.45) is 0 Å². The van der Waals surface area contributed by atoms with Gasteiger partial charge < -0.3 is 9.57 Å². The zero-order valence-corrected chi connectivity index (χ0v) is 9.83.